The Morgan fingerprint density at radius 2 is 2.00 bits per heavy atom. The summed E-state index contributed by atoms with van der Waals surface area (Å²) in [7, 11) is 2.20. The molecule has 0 aromatic heterocycles. The number of nitrogens with zero attached hydrogens (tertiary/aromatic N) is 3. The van der Waals surface area contributed by atoms with Crippen LogP contribution in [-0.2, 0) is 12.3 Å². The van der Waals surface area contributed by atoms with Gasteiger partial charge in [-0.25, -0.2) is 9.38 Å². The molecule has 2 rings (SSSR count). The summed E-state index contributed by atoms with van der Waals surface area (Å²) >= 11 is 1.70. The maximum Gasteiger partial charge on any atom is 0.191 e. The average Bonchev–Trinajstić information content (AvgIpc) is 2.88. The van der Waals surface area contributed by atoms with Crippen molar-refractivity contribution in [2.45, 2.75) is 32.1 Å². The van der Waals surface area contributed by atoms with Crippen LogP contribution in [0.3, 0.4) is 0 Å². The molecule has 0 bridgehead atoms. The Hall–Kier alpha value is -0.580. The van der Waals surface area contributed by atoms with Gasteiger partial charge in [-0.1, -0.05) is 6.07 Å². The fraction of sp³-hybridized carbons (Fsp3) is 0.667. The number of benzene rings is 1. The van der Waals surface area contributed by atoms with Gasteiger partial charge in [0.2, 0.25) is 0 Å². The van der Waals surface area contributed by atoms with Crippen LogP contribution in [0.2, 0.25) is 0 Å². The molecule has 2 N–H and O–H groups in total. The maximum atomic E-state index is 13.5. The van der Waals surface area contributed by atoms with Crippen molar-refractivity contribution in [1.82, 2.24) is 20.4 Å². The SMILES string of the molecule is CCNC(=NCc1ccc(F)cc1CSC)NCCCN1CCCN(C)CC1.I. The first-order chi connectivity index (χ1) is 13.6. The van der Waals surface area contributed by atoms with E-state index in [0.717, 1.165) is 62.0 Å². The lowest BCUT2D eigenvalue weighted by atomic mass is 10.1. The van der Waals surface area contributed by atoms with Crippen molar-refractivity contribution in [2.75, 3.05) is 59.1 Å². The third-order valence-corrected chi connectivity index (χ3v) is 5.58. The first kappa shape index (κ1) is 26.5. The lowest BCUT2D eigenvalue weighted by Crippen LogP contribution is -2.39. The Balaban J connectivity index is 0.00000420. The number of hydrogen-bond acceptors (Lipinski definition) is 4. The van der Waals surface area contributed by atoms with Crippen molar-refractivity contribution < 1.29 is 4.39 Å². The number of nitrogens with one attached hydrogen (secondary N) is 2. The molecule has 29 heavy (non-hydrogen) atoms. The molecular formula is C21H37FIN5S. The van der Waals surface area contributed by atoms with Gasteiger partial charge in [0, 0.05) is 31.9 Å². The van der Waals surface area contributed by atoms with Crippen molar-refractivity contribution in [1.29, 1.82) is 0 Å². The van der Waals surface area contributed by atoms with E-state index in [0.29, 0.717) is 6.54 Å². The highest BCUT2D eigenvalue weighted by molar-refractivity contribution is 14.0. The lowest BCUT2D eigenvalue weighted by Gasteiger charge is -2.20. The summed E-state index contributed by atoms with van der Waals surface area (Å²) in [6.45, 7) is 10.2. The fourth-order valence-corrected chi connectivity index (χ4v) is 3.96. The first-order valence-electron chi connectivity index (χ1n) is 10.3. The van der Waals surface area contributed by atoms with Crippen molar-refractivity contribution in [3.63, 3.8) is 0 Å². The van der Waals surface area contributed by atoms with Crippen molar-refractivity contribution in [3.05, 3.63) is 35.1 Å². The van der Waals surface area contributed by atoms with E-state index in [9.17, 15) is 4.39 Å². The molecular weight excluding hydrogens is 500 g/mol. The van der Waals surface area contributed by atoms with Crippen LogP contribution in [-0.4, -0.2) is 74.9 Å². The molecule has 8 heteroatoms. The van der Waals surface area contributed by atoms with Crippen molar-refractivity contribution in [3.8, 4) is 0 Å². The van der Waals surface area contributed by atoms with Gasteiger partial charge in [-0.05, 0) is 76.0 Å². The van der Waals surface area contributed by atoms with Gasteiger partial charge >= 0.3 is 0 Å². The van der Waals surface area contributed by atoms with Gasteiger partial charge in [-0.2, -0.15) is 11.8 Å². The molecule has 5 nitrogen and oxygen atoms in total. The minimum Gasteiger partial charge on any atom is -0.357 e. The van der Waals surface area contributed by atoms with Crippen LogP contribution in [0.4, 0.5) is 4.39 Å². The molecule has 1 saturated heterocycles. The highest BCUT2D eigenvalue weighted by Crippen LogP contribution is 2.17. The Kier molecular flexibility index (Phi) is 13.9. The fourth-order valence-electron chi connectivity index (χ4n) is 3.38. The second-order valence-electron chi connectivity index (χ2n) is 7.32. The van der Waals surface area contributed by atoms with Gasteiger partial charge in [-0.3, -0.25) is 0 Å². The summed E-state index contributed by atoms with van der Waals surface area (Å²) in [5, 5.41) is 6.75. The normalized spacial score (nSPS) is 16.2. The summed E-state index contributed by atoms with van der Waals surface area (Å²) in [6, 6.07) is 5.00. The van der Waals surface area contributed by atoms with Gasteiger partial charge in [-0.15, -0.1) is 24.0 Å². The number of rotatable bonds is 9. The Morgan fingerprint density at radius 3 is 2.76 bits per heavy atom. The number of hydrogen-bond donors (Lipinski definition) is 2. The third kappa shape index (κ3) is 10.3. The Morgan fingerprint density at radius 1 is 1.17 bits per heavy atom. The van der Waals surface area contributed by atoms with Crippen LogP contribution < -0.4 is 10.6 Å². The van der Waals surface area contributed by atoms with Gasteiger partial charge < -0.3 is 20.4 Å². The molecule has 1 heterocycles. The van der Waals surface area contributed by atoms with E-state index >= 15 is 0 Å². The summed E-state index contributed by atoms with van der Waals surface area (Å²) in [4.78, 5) is 9.68. The van der Waals surface area contributed by atoms with E-state index in [2.05, 4.69) is 34.4 Å². The van der Waals surface area contributed by atoms with Crippen LogP contribution in [0.25, 0.3) is 0 Å². The number of aliphatic imine (C=N–C) groups is 1. The smallest absolute Gasteiger partial charge is 0.191 e. The molecule has 0 saturated carbocycles. The molecule has 166 valence electrons. The van der Waals surface area contributed by atoms with E-state index in [1.807, 2.05) is 12.3 Å². The van der Waals surface area contributed by atoms with Gasteiger partial charge in [0.25, 0.3) is 0 Å². The van der Waals surface area contributed by atoms with Crippen molar-refractivity contribution in [2.24, 2.45) is 4.99 Å². The lowest BCUT2D eigenvalue weighted by molar-refractivity contribution is 0.274. The number of guanidine groups is 1. The first-order valence-corrected chi connectivity index (χ1v) is 11.7. The number of likely N-dealkylation sites (N-methyl/N-ethyl adjacent to an activating group) is 1. The summed E-state index contributed by atoms with van der Waals surface area (Å²) < 4.78 is 13.5. The van der Waals surface area contributed by atoms with E-state index in [-0.39, 0.29) is 29.8 Å². The maximum absolute atomic E-state index is 13.5. The molecule has 0 amide bonds. The predicted octanol–water partition coefficient (Wildman–Crippen LogP) is 3.39. The molecule has 1 aromatic rings. The zero-order chi connectivity index (χ0) is 20.2. The Bertz CT molecular complexity index is 617. The summed E-state index contributed by atoms with van der Waals surface area (Å²) in [6.07, 6.45) is 4.39. The zero-order valence-electron chi connectivity index (χ0n) is 18.0. The van der Waals surface area contributed by atoms with Gasteiger partial charge in [0.15, 0.2) is 5.96 Å². The molecule has 1 aliphatic rings. The highest BCUT2D eigenvalue weighted by atomic mass is 127. The highest BCUT2D eigenvalue weighted by Gasteiger charge is 2.11. The average molecular weight is 538 g/mol. The van der Waals surface area contributed by atoms with E-state index < -0.39 is 0 Å². The molecule has 0 aliphatic carbocycles. The minimum atomic E-state index is -0.179. The quantitative estimate of drug-likeness (QED) is 0.219. The number of halogens is 2. The molecule has 1 aromatic carbocycles. The van der Waals surface area contributed by atoms with Crippen LogP contribution in [0.1, 0.15) is 30.9 Å². The van der Waals surface area contributed by atoms with Crippen LogP contribution in [0.15, 0.2) is 23.2 Å². The summed E-state index contributed by atoms with van der Waals surface area (Å²) in [5.74, 6) is 1.46. The number of thioether (sulfide) groups is 1. The van der Waals surface area contributed by atoms with E-state index in [4.69, 9.17) is 4.99 Å². The second kappa shape index (κ2) is 15.3. The van der Waals surface area contributed by atoms with Gasteiger partial charge in [0.05, 0.1) is 6.54 Å². The topological polar surface area (TPSA) is 42.9 Å². The molecule has 1 fully saturated rings. The Labute approximate surface area is 197 Å². The molecule has 0 spiro atoms. The standard InChI is InChI=1S/C21H36FN5S.HI/c1-4-23-21(24-9-5-11-27-12-6-10-26(2)13-14-27)25-16-18-7-8-20(22)15-19(18)17-28-3;/h7-8,15H,4-6,9-14,16-17H2,1-3H3,(H2,23,24,25);1H. The van der Waals surface area contributed by atoms with Crippen LogP contribution in [0, 0.1) is 5.82 Å². The predicted molar refractivity (Wildman–Crippen MR) is 135 cm³/mol. The minimum absolute atomic E-state index is 0. The molecule has 0 radical (unpaired) electrons. The van der Waals surface area contributed by atoms with Crippen LogP contribution in [0.5, 0.6) is 0 Å². The zero-order valence-corrected chi connectivity index (χ0v) is 21.2. The van der Waals surface area contributed by atoms with Crippen LogP contribution >= 0.6 is 35.7 Å². The second-order valence-corrected chi connectivity index (χ2v) is 8.19. The summed E-state index contributed by atoms with van der Waals surface area (Å²) in [5.41, 5.74) is 2.11. The third-order valence-electron chi connectivity index (χ3n) is 4.98. The van der Waals surface area contributed by atoms with Crippen molar-refractivity contribution >= 4 is 41.7 Å². The van der Waals surface area contributed by atoms with Gasteiger partial charge in [0.1, 0.15) is 5.82 Å². The monoisotopic (exact) mass is 537 g/mol. The molecule has 1 aliphatic heterocycles. The van der Waals surface area contributed by atoms with E-state index in [1.54, 1.807) is 17.8 Å². The molecule has 0 unspecified atom stereocenters. The largest absolute Gasteiger partial charge is 0.357 e. The van der Waals surface area contributed by atoms with E-state index in [1.165, 1.54) is 25.6 Å². The molecule has 0 atom stereocenters.